The van der Waals surface area contributed by atoms with Crippen LogP contribution in [0.5, 0.6) is 5.75 Å². The van der Waals surface area contributed by atoms with Gasteiger partial charge >= 0.3 is 0 Å². The van der Waals surface area contributed by atoms with Crippen LogP contribution >= 0.6 is 11.6 Å². The van der Waals surface area contributed by atoms with Gasteiger partial charge in [0, 0.05) is 24.1 Å². The predicted molar refractivity (Wildman–Crippen MR) is 103 cm³/mol. The molecule has 27 heavy (non-hydrogen) atoms. The number of nitro benzene ring substituents is 1. The number of ether oxygens (including phenoxy) is 1. The van der Waals surface area contributed by atoms with Gasteiger partial charge in [0.1, 0.15) is 11.4 Å². The fourth-order valence-electron chi connectivity index (χ4n) is 3.47. The van der Waals surface area contributed by atoms with E-state index in [9.17, 15) is 14.9 Å². The molecule has 7 heteroatoms. The number of nitro groups is 1. The molecule has 1 aliphatic rings. The Labute approximate surface area is 162 Å². The van der Waals surface area contributed by atoms with Crippen LogP contribution in [0.15, 0.2) is 42.5 Å². The normalized spacial score (nSPS) is 17.5. The molecule has 1 aliphatic heterocycles. The maximum atomic E-state index is 12.8. The van der Waals surface area contributed by atoms with Gasteiger partial charge in [-0.3, -0.25) is 14.9 Å². The van der Waals surface area contributed by atoms with Crippen LogP contribution in [-0.2, 0) is 0 Å². The third-order valence-corrected chi connectivity index (χ3v) is 5.51. The number of nitrogens with one attached hydrogen (secondary N) is 1. The Morgan fingerprint density at radius 2 is 2.00 bits per heavy atom. The van der Waals surface area contributed by atoms with E-state index in [4.69, 9.17) is 16.3 Å². The van der Waals surface area contributed by atoms with Crippen LogP contribution in [0.4, 0.5) is 5.69 Å². The zero-order chi connectivity index (χ0) is 19.6. The van der Waals surface area contributed by atoms with E-state index in [0.29, 0.717) is 6.42 Å². The maximum Gasteiger partial charge on any atom is 0.270 e. The van der Waals surface area contributed by atoms with E-state index in [-0.39, 0.29) is 33.8 Å². The molecule has 0 bridgehead atoms. The Hall–Kier alpha value is -2.60. The molecular formula is C20H21ClN2O4. The number of hydrogen-bond donors (Lipinski definition) is 1. The number of para-hydroxylation sites is 1. The Balaban J connectivity index is 1.90. The lowest BCUT2D eigenvalue weighted by Crippen LogP contribution is -2.44. The van der Waals surface area contributed by atoms with Gasteiger partial charge in [0.25, 0.3) is 11.6 Å². The van der Waals surface area contributed by atoms with Crippen molar-refractivity contribution in [3.8, 4) is 5.75 Å². The average Bonchev–Trinajstić information content (AvgIpc) is 2.67. The summed E-state index contributed by atoms with van der Waals surface area (Å²) in [7, 11) is 0. The van der Waals surface area contributed by atoms with Crippen molar-refractivity contribution in [2.24, 2.45) is 0 Å². The van der Waals surface area contributed by atoms with E-state index in [1.165, 1.54) is 18.2 Å². The van der Waals surface area contributed by atoms with E-state index in [1.807, 2.05) is 24.3 Å². The zero-order valence-electron chi connectivity index (χ0n) is 15.2. The van der Waals surface area contributed by atoms with Crippen LogP contribution in [0, 0.1) is 10.1 Å². The van der Waals surface area contributed by atoms with E-state index in [1.54, 1.807) is 0 Å². The number of nitrogens with zero attached hydrogens (tertiary/aromatic N) is 1. The highest BCUT2D eigenvalue weighted by Gasteiger charge is 2.39. The lowest BCUT2D eigenvalue weighted by Gasteiger charge is -2.41. The second kappa shape index (κ2) is 7.56. The molecule has 1 amide bonds. The van der Waals surface area contributed by atoms with Crippen molar-refractivity contribution in [1.29, 1.82) is 0 Å². The molecule has 1 unspecified atom stereocenters. The second-order valence-electron chi connectivity index (χ2n) is 6.68. The van der Waals surface area contributed by atoms with Gasteiger partial charge < -0.3 is 10.1 Å². The van der Waals surface area contributed by atoms with Crippen molar-refractivity contribution in [2.45, 2.75) is 44.8 Å². The first-order valence-electron chi connectivity index (χ1n) is 8.92. The summed E-state index contributed by atoms with van der Waals surface area (Å²) in [6.45, 7) is 4.15. The highest BCUT2D eigenvalue weighted by molar-refractivity contribution is 6.34. The molecule has 142 valence electrons. The number of benzene rings is 2. The van der Waals surface area contributed by atoms with Crippen molar-refractivity contribution < 1.29 is 14.5 Å². The molecule has 1 N–H and O–H groups in total. The van der Waals surface area contributed by atoms with Gasteiger partial charge in [-0.2, -0.15) is 0 Å². The van der Waals surface area contributed by atoms with Crippen LogP contribution < -0.4 is 10.1 Å². The molecule has 0 saturated heterocycles. The van der Waals surface area contributed by atoms with Crippen LogP contribution in [0.2, 0.25) is 5.02 Å². The minimum absolute atomic E-state index is 0.0549. The molecule has 1 heterocycles. The van der Waals surface area contributed by atoms with Crippen molar-refractivity contribution in [1.82, 2.24) is 5.32 Å². The molecule has 0 spiro atoms. The molecule has 2 aromatic rings. The van der Waals surface area contributed by atoms with Gasteiger partial charge in [-0.1, -0.05) is 43.6 Å². The molecule has 0 aliphatic carbocycles. The summed E-state index contributed by atoms with van der Waals surface area (Å²) < 4.78 is 6.25. The lowest BCUT2D eigenvalue weighted by molar-refractivity contribution is -0.384. The summed E-state index contributed by atoms with van der Waals surface area (Å²) in [5.74, 6) is 0.408. The van der Waals surface area contributed by atoms with Crippen molar-refractivity contribution in [3.05, 3.63) is 68.7 Å². The molecule has 0 radical (unpaired) electrons. The Morgan fingerprint density at radius 1 is 1.30 bits per heavy atom. The number of amides is 1. The number of carbonyl (C=O) groups excluding carboxylic acids is 1. The molecule has 2 aromatic carbocycles. The molecule has 1 atom stereocenters. The molecule has 3 rings (SSSR count). The van der Waals surface area contributed by atoms with Crippen LogP contribution in [0.1, 0.15) is 55.1 Å². The number of carbonyl (C=O) groups is 1. The molecule has 0 saturated carbocycles. The monoisotopic (exact) mass is 388 g/mol. The Morgan fingerprint density at radius 3 is 2.63 bits per heavy atom. The minimum Gasteiger partial charge on any atom is -0.487 e. The lowest BCUT2D eigenvalue weighted by atomic mass is 9.83. The Kier molecular flexibility index (Phi) is 5.37. The summed E-state index contributed by atoms with van der Waals surface area (Å²) in [6.07, 6.45) is 2.29. The van der Waals surface area contributed by atoms with Gasteiger partial charge in [-0.05, 0) is 25.0 Å². The first kappa shape index (κ1) is 19.2. The van der Waals surface area contributed by atoms with Gasteiger partial charge in [0.15, 0.2) is 0 Å². The highest BCUT2D eigenvalue weighted by Crippen LogP contribution is 2.42. The van der Waals surface area contributed by atoms with Crippen LogP contribution in [0.3, 0.4) is 0 Å². The van der Waals surface area contributed by atoms with E-state index in [2.05, 4.69) is 19.2 Å². The predicted octanol–water partition coefficient (Wildman–Crippen LogP) is 5.06. The summed E-state index contributed by atoms with van der Waals surface area (Å²) in [5, 5.41) is 13.9. The average molecular weight is 389 g/mol. The quantitative estimate of drug-likeness (QED) is 0.573. The molecule has 0 aromatic heterocycles. The summed E-state index contributed by atoms with van der Waals surface area (Å²) in [4.78, 5) is 23.1. The SMILES string of the molecule is CCC1(CC)CC(NC(=O)c2ccc([N+](=O)[O-])cc2Cl)c2ccccc2O1. The van der Waals surface area contributed by atoms with Gasteiger partial charge in [0.05, 0.1) is 21.6 Å². The fourth-order valence-corrected chi connectivity index (χ4v) is 3.73. The topological polar surface area (TPSA) is 81.5 Å². The second-order valence-corrected chi connectivity index (χ2v) is 7.09. The van der Waals surface area contributed by atoms with Crippen LogP contribution in [0.25, 0.3) is 0 Å². The first-order valence-corrected chi connectivity index (χ1v) is 9.29. The number of hydrogen-bond acceptors (Lipinski definition) is 4. The third-order valence-electron chi connectivity index (χ3n) is 5.20. The van der Waals surface area contributed by atoms with Gasteiger partial charge in [-0.15, -0.1) is 0 Å². The van der Waals surface area contributed by atoms with Crippen molar-refractivity contribution >= 4 is 23.2 Å². The number of rotatable bonds is 5. The maximum absolute atomic E-state index is 12.8. The number of non-ortho nitro benzene ring substituents is 1. The van der Waals surface area contributed by atoms with Crippen LogP contribution in [-0.4, -0.2) is 16.4 Å². The van der Waals surface area contributed by atoms with E-state index < -0.39 is 4.92 Å². The zero-order valence-corrected chi connectivity index (χ0v) is 16.0. The molecular weight excluding hydrogens is 368 g/mol. The summed E-state index contributed by atoms with van der Waals surface area (Å²) >= 11 is 6.11. The highest BCUT2D eigenvalue weighted by atomic mass is 35.5. The summed E-state index contributed by atoms with van der Waals surface area (Å²) in [5.41, 5.74) is 0.640. The largest absolute Gasteiger partial charge is 0.487 e. The first-order chi connectivity index (χ1) is 12.9. The number of fused-ring (bicyclic) bond motifs is 1. The van der Waals surface area contributed by atoms with Gasteiger partial charge in [-0.25, -0.2) is 0 Å². The minimum atomic E-state index is -0.543. The Bertz CT molecular complexity index is 880. The fraction of sp³-hybridized carbons (Fsp3) is 0.350. The van der Waals surface area contributed by atoms with E-state index >= 15 is 0 Å². The number of halogens is 1. The van der Waals surface area contributed by atoms with Gasteiger partial charge in [0.2, 0.25) is 0 Å². The van der Waals surface area contributed by atoms with Crippen molar-refractivity contribution in [3.63, 3.8) is 0 Å². The standard InChI is InChI=1S/C20H21ClN2O4/c1-3-20(4-2)12-17(15-7-5-6-8-18(15)27-20)22-19(24)14-10-9-13(23(25)26)11-16(14)21/h5-11,17H,3-4,12H2,1-2H3,(H,22,24). The molecule has 6 nitrogen and oxygen atoms in total. The third kappa shape index (κ3) is 3.76. The smallest absolute Gasteiger partial charge is 0.270 e. The molecule has 0 fully saturated rings. The summed E-state index contributed by atoms with van der Waals surface area (Å²) in [6, 6.07) is 11.3. The van der Waals surface area contributed by atoms with Crippen molar-refractivity contribution in [2.75, 3.05) is 0 Å². The van der Waals surface area contributed by atoms with E-state index in [0.717, 1.165) is 24.2 Å².